The summed E-state index contributed by atoms with van der Waals surface area (Å²) in [7, 11) is -2.48. The molecule has 9 heteroatoms. The molecule has 7 nitrogen and oxygen atoms in total. The Kier molecular flexibility index (Phi) is 7.80. The molecule has 0 heterocycles. The van der Waals surface area contributed by atoms with Crippen LogP contribution in [0.4, 0.5) is 5.69 Å². The molecule has 2 aromatic rings. The number of aryl methyl sites for hydroxylation is 2. The van der Waals surface area contributed by atoms with Crippen molar-refractivity contribution in [2.45, 2.75) is 25.2 Å². The number of anilines is 1. The second-order valence-corrected chi connectivity index (χ2v) is 9.24. The maximum Gasteiger partial charge on any atom is 0.308 e. The first-order valence-electron chi connectivity index (χ1n) is 8.86. The van der Waals surface area contributed by atoms with Crippen molar-refractivity contribution < 1.29 is 22.7 Å². The van der Waals surface area contributed by atoms with Gasteiger partial charge in [0.2, 0.25) is 0 Å². The molecule has 0 fully saturated rings. The van der Waals surface area contributed by atoms with Gasteiger partial charge in [0.25, 0.3) is 15.9 Å². The molecular formula is C20H23BrN2O5S. The number of nitrogens with zero attached hydrogens (tertiary/aromatic N) is 1. The van der Waals surface area contributed by atoms with E-state index in [-0.39, 0.29) is 17.9 Å². The van der Waals surface area contributed by atoms with Crippen molar-refractivity contribution in [3.8, 4) is 0 Å². The second kappa shape index (κ2) is 9.89. The van der Waals surface area contributed by atoms with Gasteiger partial charge in [-0.2, -0.15) is 0 Å². The Balaban J connectivity index is 2.32. The topological polar surface area (TPSA) is 92.8 Å². The third-order valence-corrected chi connectivity index (χ3v) is 6.43. The number of halogens is 1. The molecule has 0 aliphatic carbocycles. The van der Waals surface area contributed by atoms with Crippen molar-refractivity contribution in [1.82, 2.24) is 5.32 Å². The van der Waals surface area contributed by atoms with Crippen LogP contribution in [0.3, 0.4) is 0 Å². The number of carbonyl (C=O) groups excluding carboxylic acids is 2. The molecule has 0 saturated heterocycles. The van der Waals surface area contributed by atoms with Gasteiger partial charge in [-0.1, -0.05) is 22.0 Å². The molecule has 0 bridgehead atoms. The van der Waals surface area contributed by atoms with Gasteiger partial charge in [0, 0.05) is 18.1 Å². The fraction of sp³-hybridized carbons (Fsp3) is 0.300. The molecule has 0 aromatic heterocycles. The molecule has 0 aliphatic rings. The first kappa shape index (κ1) is 22.9. The van der Waals surface area contributed by atoms with Crippen molar-refractivity contribution in [1.29, 1.82) is 0 Å². The second-order valence-electron chi connectivity index (χ2n) is 6.46. The van der Waals surface area contributed by atoms with Crippen LogP contribution in [0.5, 0.6) is 0 Å². The van der Waals surface area contributed by atoms with Crippen LogP contribution in [0.2, 0.25) is 0 Å². The van der Waals surface area contributed by atoms with Gasteiger partial charge < -0.3 is 10.1 Å². The average molecular weight is 483 g/mol. The lowest BCUT2D eigenvalue weighted by molar-refractivity contribution is -0.148. The smallest absolute Gasteiger partial charge is 0.308 e. The van der Waals surface area contributed by atoms with Crippen molar-refractivity contribution in [3.63, 3.8) is 0 Å². The molecule has 1 amide bonds. The van der Waals surface area contributed by atoms with Gasteiger partial charge >= 0.3 is 5.97 Å². The van der Waals surface area contributed by atoms with Gasteiger partial charge in [-0.3, -0.25) is 13.9 Å². The molecular weight excluding hydrogens is 460 g/mol. The highest BCUT2D eigenvalue weighted by atomic mass is 79.9. The monoisotopic (exact) mass is 482 g/mol. The third kappa shape index (κ3) is 6.30. The molecule has 0 unspecified atom stereocenters. The van der Waals surface area contributed by atoms with E-state index in [0.29, 0.717) is 5.69 Å². The van der Waals surface area contributed by atoms with Gasteiger partial charge in [-0.25, -0.2) is 8.42 Å². The third-order valence-electron chi connectivity index (χ3n) is 4.06. The number of benzene rings is 2. The summed E-state index contributed by atoms with van der Waals surface area (Å²) in [5.74, 6) is -1.10. The van der Waals surface area contributed by atoms with Crippen molar-refractivity contribution in [2.75, 3.05) is 24.5 Å². The highest BCUT2D eigenvalue weighted by Crippen LogP contribution is 2.27. The minimum Gasteiger partial charge on any atom is -0.456 e. The lowest BCUT2D eigenvalue weighted by Crippen LogP contribution is -2.34. The lowest BCUT2D eigenvalue weighted by Gasteiger charge is -2.25. The standard InChI is InChI=1S/C20H23BrN2O5S/c1-14-10-15(2)12-17(11-14)23(9-8-20(25)28-13-19(24)22-3)29(26,27)18-6-4-16(21)5-7-18/h4-7,10-12H,8-9,13H2,1-3H3,(H,22,24). The zero-order chi connectivity index (χ0) is 21.6. The quantitative estimate of drug-likeness (QED) is 0.583. The van der Waals surface area contributed by atoms with E-state index in [2.05, 4.69) is 21.2 Å². The number of rotatable bonds is 8. The number of amides is 1. The number of sulfonamides is 1. The molecule has 0 spiro atoms. The van der Waals surface area contributed by atoms with Crippen LogP contribution in [0.25, 0.3) is 0 Å². The molecule has 0 radical (unpaired) electrons. The Morgan fingerprint density at radius 3 is 2.21 bits per heavy atom. The summed E-state index contributed by atoms with van der Waals surface area (Å²) >= 11 is 3.30. The molecule has 156 valence electrons. The minimum absolute atomic E-state index is 0.110. The summed E-state index contributed by atoms with van der Waals surface area (Å²) in [6, 6.07) is 11.7. The van der Waals surface area contributed by atoms with E-state index >= 15 is 0 Å². The Hall–Kier alpha value is -2.39. The first-order valence-corrected chi connectivity index (χ1v) is 11.1. The van der Waals surface area contributed by atoms with Crippen LogP contribution in [0, 0.1) is 13.8 Å². The summed E-state index contributed by atoms with van der Waals surface area (Å²) < 4.78 is 33.4. The van der Waals surface area contributed by atoms with Crippen molar-refractivity contribution >= 4 is 43.5 Å². The van der Waals surface area contributed by atoms with Gasteiger partial charge in [-0.15, -0.1) is 0 Å². The molecule has 0 atom stereocenters. The van der Waals surface area contributed by atoms with Crippen LogP contribution >= 0.6 is 15.9 Å². The molecule has 2 aromatic carbocycles. The zero-order valence-electron chi connectivity index (χ0n) is 16.4. The Labute approximate surface area is 179 Å². The summed E-state index contributed by atoms with van der Waals surface area (Å²) in [5.41, 5.74) is 2.26. The molecule has 0 aliphatic heterocycles. The number of hydrogen-bond acceptors (Lipinski definition) is 5. The summed E-state index contributed by atoms with van der Waals surface area (Å²) in [5, 5.41) is 2.35. The van der Waals surface area contributed by atoms with E-state index in [4.69, 9.17) is 4.74 Å². The number of ether oxygens (including phenoxy) is 1. The molecule has 2 rings (SSSR count). The van der Waals surface area contributed by atoms with E-state index in [9.17, 15) is 18.0 Å². The van der Waals surface area contributed by atoms with Crippen LogP contribution in [-0.4, -0.2) is 40.5 Å². The van der Waals surface area contributed by atoms with Gasteiger partial charge in [-0.05, 0) is 61.4 Å². The van der Waals surface area contributed by atoms with Crippen LogP contribution in [-0.2, 0) is 24.3 Å². The van der Waals surface area contributed by atoms with Crippen LogP contribution < -0.4 is 9.62 Å². The van der Waals surface area contributed by atoms with Crippen LogP contribution in [0.15, 0.2) is 51.8 Å². The van der Waals surface area contributed by atoms with Gasteiger partial charge in [0.05, 0.1) is 17.0 Å². The largest absolute Gasteiger partial charge is 0.456 e. The fourth-order valence-electron chi connectivity index (χ4n) is 2.70. The first-order chi connectivity index (χ1) is 13.6. The van der Waals surface area contributed by atoms with E-state index < -0.39 is 28.5 Å². The highest BCUT2D eigenvalue weighted by molar-refractivity contribution is 9.10. The Morgan fingerprint density at radius 1 is 1.07 bits per heavy atom. The van der Waals surface area contributed by atoms with E-state index in [1.807, 2.05) is 19.9 Å². The number of nitrogens with one attached hydrogen (secondary N) is 1. The normalized spacial score (nSPS) is 11.0. The lowest BCUT2D eigenvalue weighted by atomic mass is 10.1. The summed E-state index contributed by atoms with van der Waals surface area (Å²) in [6.07, 6.45) is -0.195. The molecule has 1 N–H and O–H groups in total. The van der Waals surface area contributed by atoms with Gasteiger partial charge in [0.15, 0.2) is 6.61 Å². The number of likely N-dealkylation sites (N-methyl/N-ethyl adjacent to an activating group) is 1. The van der Waals surface area contributed by atoms with Crippen molar-refractivity contribution in [3.05, 3.63) is 58.1 Å². The Morgan fingerprint density at radius 2 is 1.66 bits per heavy atom. The number of hydrogen-bond donors (Lipinski definition) is 1. The predicted octanol–water partition coefficient (Wildman–Crippen LogP) is 2.94. The molecule has 0 saturated carbocycles. The van der Waals surface area contributed by atoms with Crippen molar-refractivity contribution in [2.24, 2.45) is 0 Å². The summed E-state index contributed by atoms with van der Waals surface area (Å²) in [6.45, 7) is 3.23. The maximum atomic E-state index is 13.3. The van der Waals surface area contributed by atoms with E-state index in [1.165, 1.54) is 23.5 Å². The fourth-order valence-corrected chi connectivity index (χ4v) is 4.41. The minimum atomic E-state index is -3.91. The number of carbonyl (C=O) groups is 2. The van der Waals surface area contributed by atoms with Crippen LogP contribution in [0.1, 0.15) is 17.5 Å². The maximum absolute atomic E-state index is 13.3. The zero-order valence-corrected chi connectivity index (χ0v) is 18.8. The number of esters is 1. The Bertz CT molecular complexity index is 970. The van der Waals surface area contributed by atoms with E-state index in [1.54, 1.807) is 24.3 Å². The van der Waals surface area contributed by atoms with Gasteiger partial charge in [0.1, 0.15) is 0 Å². The summed E-state index contributed by atoms with van der Waals surface area (Å²) in [4.78, 5) is 23.3. The predicted molar refractivity (Wildman–Crippen MR) is 114 cm³/mol. The SMILES string of the molecule is CNC(=O)COC(=O)CCN(c1cc(C)cc(C)c1)S(=O)(=O)c1ccc(Br)cc1. The average Bonchev–Trinajstić information content (AvgIpc) is 2.65. The van der Waals surface area contributed by atoms with E-state index in [0.717, 1.165) is 15.6 Å². The highest BCUT2D eigenvalue weighted by Gasteiger charge is 2.26. The molecule has 29 heavy (non-hydrogen) atoms.